The molecule has 3 aliphatic rings. The Morgan fingerprint density at radius 3 is 2.00 bits per heavy atom. The Labute approximate surface area is 132 Å². The first-order valence-electron chi connectivity index (χ1n) is 9.22. The van der Waals surface area contributed by atoms with Crippen molar-refractivity contribution in [3.63, 3.8) is 0 Å². The summed E-state index contributed by atoms with van der Waals surface area (Å²) in [6.45, 7) is 17.2. The van der Waals surface area contributed by atoms with Crippen LogP contribution in [0.5, 0.6) is 0 Å². The predicted molar refractivity (Wildman–Crippen MR) is 90.5 cm³/mol. The molecule has 0 aromatic carbocycles. The lowest BCUT2D eigenvalue weighted by Gasteiger charge is -2.52. The van der Waals surface area contributed by atoms with E-state index in [0.717, 1.165) is 12.0 Å². The van der Waals surface area contributed by atoms with Crippen molar-refractivity contribution in [2.45, 2.75) is 91.3 Å². The Balaban J connectivity index is 1.83. The summed E-state index contributed by atoms with van der Waals surface area (Å²) in [6, 6.07) is 1.47. The summed E-state index contributed by atoms with van der Waals surface area (Å²) in [5.41, 5.74) is 1.36. The molecule has 0 aromatic rings. The van der Waals surface area contributed by atoms with Crippen LogP contribution in [0.15, 0.2) is 0 Å². The van der Waals surface area contributed by atoms with Gasteiger partial charge in [-0.05, 0) is 29.6 Å². The minimum atomic E-state index is 0.429. The maximum atomic E-state index is 3.99. The van der Waals surface area contributed by atoms with Gasteiger partial charge in [0, 0.05) is 30.7 Å². The molecule has 2 heteroatoms. The highest BCUT2D eigenvalue weighted by Gasteiger charge is 2.68. The molecule has 2 nitrogen and oxygen atoms in total. The molecule has 1 spiro atoms. The Kier molecular flexibility index (Phi) is 3.73. The van der Waals surface area contributed by atoms with Crippen LogP contribution < -0.4 is 5.32 Å². The van der Waals surface area contributed by atoms with Gasteiger partial charge in [-0.1, -0.05) is 60.8 Å². The van der Waals surface area contributed by atoms with Crippen LogP contribution in [0.1, 0.15) is 73.6 Å². The Morgan fingerprint density at radius 1 is 0.952 bits per heavy atom. The molecule has 0 bridgehead atoms. The Bertz CT molecular complexity index is 376. The van der Waals surface area contributed by atoms with Crippen molar-refractivity contribution in [3.05, 3.63) is 0 Å². The molecule has 1 aliphatic heterocycles. The van der Waals surface area contributed by atoms with E-state index in [-0.39, 0.29) is 0 Å². The van der Waals surface area contributed by atoms with Crippen LogP contribution in [-0.4, -0.2) is 35.6 Å². The van der Waals surface area contributed by atoms with Gasteiger partial charge < -0.3 is 5.32 Å². The molecule has 0 amide bonds. The summed E-state index contributed by atoms with van der Waals surface area (Å²) >= 11 is 0. The minimum absolute atomic E-state index is 0.429. The van der Waals surface area contributed by atoms with E-state index in [9.17, 15) is 0 Å². The molecule has 122 valence electrons. The van der Waals surface area contributed by atoms with E-state index >= 15 is 0 Å². The third-order valence-electron chi connectivity index (χ3n) is 7.45. The molecule has 2 saturated carbocycles. The number of hydrogen-bond acceptors (Lipinski definition) is 2. The van der Waals surface area contributed by atoms with Crippen molar-refractivity contribution in [1.29, 1.82) is 0 Å². The molecule has 2 aliphatic carbocycles. The van der Waals surface area contributed by atoms with Crippen LogP contribution in [0.4, 0.5) is 0 Å². The molecule has 3 fully saturated rings. The van der Waals surface area contributed by atoms with Gasteiger partial charge in [-0.2, -0.15) is 0 Å². The number of rotatable bonds is 2. The van der Waals surface area contributed by atoms with Crippen molar-refractivity contribution < 1.29 is 0 Å². The lowest BCUT2D eigenvalue weighted by Crippen LogP contribution is -2.66. The zero-order valence-corrected chi connectivity index (χ0v) is 15.1. The van der Waals surface area contributed by atoms with E-state index in [4.69, 9.17) is 0 Å². The molecule has 1 atom stereocenters. The first-order chi connectivity index (χ1) is 9.71. The third-order valence-corrected chi connectivity index (χ3v) is 7.45. The highest BCUT2D eigenvalue weighted by molar-refractivity contribution is 5.21. The number of nitrogens with zero attached hydrogens (tertiary/aromatic N) is 1. The Morgan fingerprint density at radius 2 is 1.52 bits per heavy atom. The molecule has 1 unspecified atom stereocenters. The number of piperazine rings is 1. The smallest absolute Gasteiger partial charge is 0.0309 e. The fourth-order valence-electron chi connectivity index (χ4n) is 5.42. The second-order valence-corrected chi connectivity index (χ2v) is 9.55. The van der Waals surface area contributed by atoms with Crippen molar-refractivity contribution >= 4 is 0 Å². The van der Waals surface area contributed by atoms with E-state index in [1.807, 2.05) is 0 Å². The monoisotopic (exact) mass is 292 g/mol. The fraction of sp³-hybridized carbons (Fsp3) is 1.00. The van der Waals surface area contributed by atoms with Crippen molar-refractivity contribution in [2.75, 3.05) is 13.1 Å². The standard InChI is InChI=1S/C19H36N2/c1-14(2)15-12-20-19(10-8-7-9-11-19)13-21(15)16-17(3,4)18(16,5)6/h14-16,20H,7-13H2,1-6H3. The van der Waals surface area contributed by atoms with Gasteiger partial charge in [-0.3, -0.25) is 4.90 Å². The highest BCUT2D eigenvalue weighted by atomic mass is 15.3. The van der Waals surface area contributed by atoms with Crippen molar-refractivity contribution in [1.82, 2.24) is 10.2 Å². The van der Waals surface area contributed by atoms with Crippen LogP contribution in [0.25, 0.3) is 0 Å². The second-order valence-electron chi connectivity index (χ2n) is 9.55. The molecular formula is C19H36N2. The normalized spacial score (nSPS) is 35.3. The first kappa shape index (κ1) is 15.8. The lowest BCUT2D eigenvalue weighted by atomic mass is 9.78. The van der Waals surface area contributed by atoms with Crippen molar-refractivity contribution in [3.8, 4) is 0 Å². The topological polar surface area (TPSA) is 15.3 Å². The van der Waals surface area contributed by atoms with Crippen LogP contribution >= 0.6 is 0 Å². The van der Waals surface area contributed by atoms with E-state index in [0.29, 0.717) is 22.4 Å². The van der Waals surface area contributed by atoms with Gasteiger partial charge in [0.25, 0.3) is 0 Å². The van der Waals surface area contributed by atoms with Crippen LogP contribution in [0.2, 0.25) is 0 Å². The molecule has 1 heterocycles. The average molecular weight is 293 g/mol. The summed E-state index contributed by atoms with van der Waals surface area (Å²) in [6.07, 6.45) is 7.07. The van der Waals surface area contributed by atoms with E-state index < -0.39 is 0 Å². The van der Waals surface area contributed by atoms with Gasteiger partial charge in [0.15, 0.2) is 0 Å². The van der Waals surface area contributed by atoms with E-state index in [1.165, 1.54) is 45.2 Å². The molecule has 21 heavy (non-hydrogen) atoms. The van der Waals surface area contributed by atoms with Gasteiger partial charge in [0.2, 0.25) is 0 Å². The number of nitrogens with one attached hydrogen (secondary N) is 1. The highest BCUT2D eigenvalue weighted by Crippen LogP contribution is 2.66. The summed E-state index contributed by atoms with van der Waals surface area (Å²) in [4.78, 5) is 2.92. The zero-order chi connectivity index (χ0) is 15.5. The molecule has 1 saturated heterocycles. The molecule has 0 aromatic heterocycles. The zero-order valence-electron chi connectivity index (χ0n) is 15.1. The van der Waals surface area contributed by atoms with E-state index in [2.05, 4.69) is 51.8 Å². The molecular weight excluding hydrogens is 256 g/mol. The Hall–Kier alpha value is -0.0800. The van der Waals surface area contributed by atoms with Gasteiger partial charge in [-0.25, -0.2) is 0 Å². The van der Waals surface area contributed by atoms with E-state index in [1.54, 1.807) is 0 Å². The largest absolute Gasteiger partial charge is 0.308 e. The predicted octanol–water partition coefficient (Wildman–Crippen LogP) is 4.05. The quantitative estimate of drug-likeness (QED) is 0.826. The minimum Gasteiger partial charge on any atom is -0.308 e. The second kappa shape index (κ2) is 4.96. The molecule has 1 N–H and O–H groups in total. The average Bonchev–Trinajstić information content (AvgIpc) is 2.80. The summed E-state index contributed by atoms with van der Waals surface area (Å²) in [5.74, 6) is 0.741. The van der Waals surface area contributed by atoms with Gasteiger partial charge in [0.05, 0.1) is 0 Å². The SMILES string of the molecule is CC(C)C1CNC2(CCCCC2)CN1C1C(C)(C)C1(C)C. The first-order valence-corrected chi connectivity index (χ1v) is 9.22. The lowest BCUT2D eigenvalue weighted by molar-refractivity contribution is 0.0186. The van der Waals surface area contributed by atoms with Gasteiger partial charge in [0.1, 0.15) is 0 Å². The van der Waals surface area contributed by atoms with Gasteiger partial charge >= 0.3 is 0 Å². The summed E-state index contributed by atoms with van der Waals surface area (Å²) in [7, 11) is 0. The summed E-state index contributed by atoms with van der Waals surface area (Å²) < 4.78 is 0. The maximum Gasteiger partial charge on any atom is 0.0309 e. The summed E-state index contributed by atoms with van der Waals surface area (Å²) in [5, 5.41) is 3.99. The van der Waals surface area contributed by atoms with Crippen LogP contribution in [0, 0.1) is 16.7 Å². The maximum absolute atomic E-state index is 3.99. The van der Waals surface area contributed by atoms with Gasteiger partial charge in [-0.15, -0.1) is 0 Å². The third kappa shape index (κ3) is 2.37. The number of hydrogen-bond donors (Lipinski definition) is 1. The molecule has 3 rings (SSSR count). The molecule has 0 radical (unpaired) electrons. The van der Waals surface area contributed by atoms with Crippen molar-refractivity contribution in [2.24, 2.45) is 16.7 Å². The van der Waals surface area contributed by atoms with Crippen LogP contribution in [0.3, 0.4) is 0 Å². The van der Waals surface area contributed by atoms with Crippen LogP contribution in [-0.2, 0) is 0 Å². The fourth-order valence-corrected chi connectivity index (χ4v) is 5.42.